The van der Waals surface area contributed by atoms with Gasteiger partial charge in [0.1, 0.15) is 5.69 Å². The number of carbonyl (C=O) groups is 1. The molecule has 27 heavy (non-hydrogen) atoms. The van der Waals surface area contributed by atoms with E-state index < -0.39 is 5.97 Å². The molecule has 8 nitrogen and oxygen atoms in total. The number of carbonyl (C=O) groups excluding carboxylic acids is 1. The van der Waals surface area contributed by atoms with Gasteiger partial charge in [-0.25, -0.2) is 4.79 Å². The zero-order valence-corrected chi connectivity index (χ0v) is 16.3. The summed E-state index contributed by atoms with van der Waals surface area (Å²) in [6.07, 6.45) is 0. The number of aromatic amines is 1. The number of benzene rings is 1. The lowest BCUT2D eigenvalue weighted by Crippen LogP contribution is -2.09. The van der Waals surface area contributed by atoms with Crippen LogP contribution in [0.5, 0.6) is 17.2 Å². The third kappa shape index (κ3) is 3.86. The minimum atomic E-state index is -0.468. The van der Waals surface area contributed by atoms with Gasteiger partial charge < -0.3 is 34.4 Å². The molecule has 0 aliphatic heterocycles. The molecule has 2 aromatic rings. The molecule has 0 aliphatic carbocycles. The Kier molecular flexibility index (Phi) is 7.09. The molecule has 0 saturated carbocycles. The lowest BCUT2D eigenvalue weighted by atomic mass is 9.98. The molecule has 0 atom stereocenters. The number of hydrogen-bond donors (Lipinski definition) is 2. The molecule has 0 radical (unpaired) electrons. The molecule has 148 valence electrons. The van der Waals surface area contributed by atoms with Crippen LogP contribution >= 0.6 is 0 Å². The summed E-state index contributed by atoms with van der Waals surface area (Å²) < 4.78 is 26.9. The summed E-state index contributed by atoms with van der Waals surface area (Å²) in [4.78, 5) is 15.5. The van der Waals surface area contributed by atoms with Gasteiger partial charge in [-0.3, -0.25) is 0 Å². The van der Waals surface area contributed by atoms with Crippen LogP contribution in [0.15, 0.2) is 12.1 Å². The lowest BCUT2D eigenvalue weighted by Gasteiger charge is -2.17. The second-order valence-electron chi connectivity index (χ2n) is 5.57. The highest BCUT2D eigenvalue weighted by molar-refractivity contribution is 5.94. The standard InChI is InChI=1S/C19H26N2O6/c1-6-27-19(22)16-12(10-23-2)15(13(9-20)21-16)11-7-8-14(24-3)18(26-5)17(11)25-4/h7-8,21H,6,9-10,20H2,1-5H3. The SMILES string of the molecule is CCOC(=O)c1[nH]c(CN)c(-c2ccc(OC)c(OC)c2OC)c1COC. The third-order valence-corrected chi connectivity index (χ3v) is 4.13. The molecule has 2 rings (SSSR count). The van der Waals surface area contributed by atoms with Crippen LogP contribution in [-0.2, 0) is 22.6 Å². The maximum atomic E-state index is 12.4. The number of aromatic nitrogens is 1. The minimum absolute atomic E-state index is 0.183. The summed E-state index contributed by atoms with van der Waals surface area (Å²) in [5.41, 5.74) is 8.98. The van der Waals surface area contributed by atoms with Gasteiger partial charge in [0.2, 0.25) is 5.75 Å². The molecule has 0 bridgehead atoms. The number of nitrogens with one attached hydrogen (secondary N) is 1. The van der Waals surface area contributed by atoms with Crippen molar-refractivity contribution in [1.82, 2.24) is 4.98 Å². The first-order chi connectivity index (χ1) is 13.1. The molecular weight excluding hydrogens is 352 g/mol. The van der Waals surface area contributed by atoms with Gasteiger partial charge in [0, 0.05) is 36.0 Å². The van der Waals surface area contributed by atoms with Crippen LogP contribution in [0.4, 0.5) is 0 Å². The van der Waals surface area contributed by atoms with E-state index in [0.717, 1.165) is 5.56 Å². The van der Waals surface area contributed by atoms with Crippen LogP contribution in [0.2, 0.25) is 0 Å². The van der Waals surface area contributed by atoms with Crippen molar-refractivity contribution in [3.8, 4) is 28.4 Å². The maximum Gasteiger partial charge on any atom is 0.355 e. The van der Waals surface area contributed by atoms with Crippen molar-refractivity contribution in [2.45, 2.75) is 20.1 Å². The lowest BCUT2D eigenvalue weighted by molar-refractivity contribution is 0.0515. The summed E-state index contributed by atoms with van der Waals surface area (Å²) in [5.74, 6) is 0.979. The van der Waals surface area contributed by atoms with E-state index in [2.05, 4.69) is 4.98 Å². The highest BCUT2D eigenvalue weighted by Crippen LogP contribution is 2.46. The van der Waals surface area contributed by atoms with Gasteiger partial charge in [-0.2, -0.15) is 0 Å². The van der Waals surface area contributed by atoms with Crippen molar-refractivity contribution in [3.63, 3.8) is 0 Å². The average Bonchev–Trinajstić information content (AvgIpc) is 3.05. The number of H-pyrrole nitrogens is 1. The van der Waals surface area contributed by atoms with Gasteiger partial charge in [-0.15, -0.1) is 0 Å². The molecule has 1 aromatic carbocycles. The summed E-state index contributed by atoms with van der Waals surface area (Å²) >= 11 is 0. The summed E-state index contributed by atoms with van der Waals surface area (Å²) in [6, 6.07) is 3.60. The Hall–Kier alpha value is -2.71. The Bertz CT molecular complexity index is 800. The first-order valence-electron chi connectivity index (χ1n) is 8.46. The molecule has 0 unspecified atom stereocenters. The van der Waals surface area contributed by atoms with Crippen molar-refractivity contribution in [2.24, 2.45) is 5.73 Å². The molecule has 1 aromatic heterocycles. The summed E-state index contributed by atoms with van der Waals surface area (Å²) in [7, 11) is 6.18. The highest BCUT2D eigenvalue weighted by Gasteiger charge is 2.27. The van der Waals surface area contributed by atoms with Gasteiger partial charge in [-0.05, 0) is 19.1 Å². The van der Waals surface area contributed by atoms with Crippen LogP contribution in [0.3, 0.4) is 0 Å². The largest absolute Gasteiger partial charge is 0.493 e. The number of methoxy groups -OCH3 is 4. The number of rotatable bonds is 9. The van der Waals surface area contributed by atoms with Crippen LogP contribution < -0.4 is 19.9 Å². The molecular formula is C19H26N2O6. The first kappa shape index (κ1) is 20.6. The van der Waals surface area contributed by atoms with Crippen LogP contribution in [0.1, 0.15) is 28.7 Å². The monoisotopic (exact) mass is 378 g/mol. The van der Waals surface area contributed by atoms with E-state index in [1.165, 1.54) is 14.2 Å². The van der Waals surface area contributed by atoms with Crippen LogP contribution in [0, 0.1) is 0 Å². The van der Waals surface area contributed by atoms with E-state index in [0.29, 0.717) is 39.8 Å². The quantitative estimate of drug-likeness (QED) is 0.646. The number of esters is 1. The van der Waals surface area contributed by atoms with E-state index in [-0.39, 0.29) is 19.8 Å². The fraction of sp³-hybridized carbons (Fsp3) is 0.421. The van der Waals surface area contributed by atoms with Crippen LogP contribution in [-0.4, -0.2) is 46.0 Å². The molecule has 1 heterocycles. The fourth-order valence-corrected chi connectivity index (χ4v) is 3.04. The molecule has 0 fully saturated rings. The van der Waals surface area contributed by atoms with E-state index >= 15 is 0 Å². The van der Waals surface area contributed by atoms with Gasteiger partial charge in [-0.1, -0.05) is 0 Å². The summed E-state index contributed by atoms with van der Waals surface area (Å²) in [5, 5.41) is 0. The molecule has 3 N–H and O–H groups in total. The Morgan fingerprint density at radius 1 is 1.07 bits per heavy atom. The Morgan fingerprint density at radius 3 is 2.30 bits per heavy atom. The predicted octanol–water partition coefficient (Wildman–Crippen LogP) is 2.49. The molecule has 0 saturated heterocycles. The van der Waals surface area contributed by atoms with E-state index in [1.807, 2.05) is 6.07 Å². The molecule has 8 heteroatoms. The van der Waals surface area contributed by atoms with Crippen molar-refractivity contribution in [1.29, 1.82) is 0 Å². The zero-order valence-electron chi connectivity index (χ0n) is 16.3. The first-order valence-corrected chi connectivity index (χ1v) is 8.46. The van der Waals surface area contributed by atoms with Crippen molar-refractivity contribution in [2.75, 3.05) is 35.0 Å². The minimum Gasteiger partial charge on any atom is -0.493 e. The fourth-order valence-electron chi connectivity index (χ4n) is 3.04. The normalized spacial score (nSPS) is 10.6. The Balaban J connectivity index is 2.79. The number of nitrogens with two attached hydrogens (primary N) is 1. The Labute approximate surface area is 158 Å². The van der Waals surface area contributed by atoms with Gasteiger partial charge in [0.05, 0.1) is 34.5 Å². The molecule has 0 aliphatic rings. The smallest absolute Gasteiger partial charge is 0.355 e. The van der Waals surface area contributed by atoms with Crippen LogP contribution in [0.25, 0.3) is 11.1 Å². The van der Waals surface area contributed by atoms with E-state index in [4.69, 9.17) is 29.4 Å². The highest BCUT2D eigenvalue weighted by atomic mass is 16.5. The molecule has 0 amide bonds. The zero-order chi connectivity index (χ0) is 20.0. The third-order valence-electron chi connectivity index (χ3n) is 4.13. The second kappa shape index (κ2) is 9.29. The Morgan fingerprint density at radius 2 is 1.78 bits per heavy atom. The molecule has 0 spiro atoms. The maximum absolute atomic E-state index is 12.4. The van der Waals surface area contributed by atoms with Crippen molar-refractivity contribution < 1.29 is 28.5 Å². The van der Waals surface area contributed by atoms with E-state index in [1.54, 1.807) is 27.2 Å². The number of hydrogen-bond acceptors (Lipinski definition) is 7. The predicted molar refractivity (Wildman–Crippen MR) is 100 cm³/mol. The van der Waals surface area contributed by atoms with Crippen molar-refractivity contribution in [3.05, 3.63) is 29.1 Å². The second-order valence-corrected chi connectivity index (χ2v) is 5.57. The number of ether oxygens (including phenoxy) is 5. The average molecular weight is 378 g/mol. The van der Waals surface area contributed by atoms with E-state index in [9.17, 15) is 4.79 Å². The van der Waals surface area contributed by atoms with Gasteiger partial charge in [0.25, 0.3) is 0 Å². The van der Waals surface area contributed by atoms with Crippen molar-refractivity contribution >= 4 is 5.97 Å². The summed E-state index contributed by atoms with van der Waals surface area (Å²) in [6.45, 7) is 2.39. The van der Waals surface area contributed by atoms with Gasteiger partial charge in [0.15, 0.2) is 11.5 Å². The van der Waals surface area contributed by atoms with Gasteiger partial charge >= 0.3 is 5.97 Å². The topological polar surface area (TPSA) is 105 Å².